The Kier molecular flexibility index (Phi) is 3.55. The molecule has 2 heteroatoms. The van der Waals surface area contributed by atoms with Gasteiger partial charge in [0.15, 0.2) is 0 Å². The van der Waals surface area contributed by atoms with E-state index in [1.807, 2.05) is 18.2 Å². The number of aromatic nitrogens is 1. The first-order chi connectivity index (χ1) is 12.8. The summed E-state index contributed by atoms with van der Waals surface area (Å²) in [6.07, 6.45) is 0. The van der Waals surface area contributed by atoms with Gasteiger partial charge in [-0.3, -0.25) is 0 Å². The first kappa shape index (κ1) is 15.2. The third kappa shape index (κ3) is 2.25. The lowest BCUT2D eigenvalue weighted by Gasteiger charge is -2.14. The van der Waals surface area contributed by atoms with Gasteiger partial charge in [-0.1, -0.05) is 84.4 Å². The monoisotopic (exact) mass is 353 g/mol. The van der Waals surface area contributed by atoms with Gasteiger partial charge < -0.3 is 4.57 Å². The van der Waals surface area contributed by atoms with Gasteiger partial charge in [0.05, 0.1) is 16.7 Å². The number of rotatable bonds is 2. The fraction of sp³-hybridized carbons (Fsp3) is 0. The van der Waals surface area contributed by atoms with E-state index in [4.69, 9.17) is 11.6 Å². The topological polar surface area (TPSA) is 4.93 Å². The van der Waals surface area contributed by atoms with E-state index in [0.717, 1.165) is 21.8 Å². The second kappa shape index (κ2) is 6.05. The second-order valence-electron chi connectivity index (χ2n) is 6.37. The minimum Gasteiger partial charge on any atom is -0.309 e. The normalized spacial score (nSPS) is 11.3. The van der Waals surface area contributed by atoms with E-state index in [0.29, 0.717) is 0 Å². The van der Waals surface area contributed by atoms with Crippen LogP contribution in [0.4, 0.5) is 0 Å². The molecule has 124 valence electrons. The van der Waals surface area contributed by atoms with Crippen molar-refractivity contribution in [2.24, 2.45) is 0 Å². The molecule has 0 aliphatic rings. The molecule has 0 atom stereocenters. The summed E-state index contributed by atoms with van der Waals surface area (Å²) in [4.78, 5) is 0. The molecule has 1 aromatic heterocycles. The summed E-state index contributed by atoms with van der Waals surface area (Å²) in [7, 11) is 0. The molecular formula is C24H16ClN. The Morgan fingerprint density at radius 3 is 1.65 bits per heavy atom. The Labute approximate surface area is 157 Å². The van der Waals surface area contributed by atoms with Crippen LogP contribution < -0.4 is 0 Å². The summed E-state index contributed by atoms with van der Waals surface area (Å²) < 4.78 is 2.34. The minimum atomic E-state index is 0.765. The summed E-state index contributed by atoms with van der Waals surface area (Å²) in [6, 6.07) is 33.6. The molecule has 0 fully saturated rings. The van der Waals surface area contributed by atoms with Crippen molar-refractivity contribution in [2.75, 3.05) is 0 Å². The van der Waals surface area contributed by atoms with Gasteiger partial charge in [0.1, 0.15) is 0 Å². The van der Waals surface area contributed by atoms with Crippen LogP contribution in [0.15, 0.2) is 97.1 Å². The van der Waals surface area contributed by atoms with Gasteiger partial charge in [-0.05, 0) is 24.3 Å². The SMILES string of the molecule is Clc1ccccc1-c1ccccc1-n1c2ccccc2c2ccccc21. The predicted molar refractivity (Wildman–Crippen MR) is 111 cm³/mol. The maximum atomic E-state index is 6.52. The van der Waals surface area contributed by atoms with Crippen molar-refractivity contribution >= 4 is 33.4 Å². The number of benzene rings is 4. The Morgan fingerprint density at radius 1 is 0.500 bits per heavy atom. The van der Waals surface area contributed by atoms with Crippen molar-refractivity contribution in [3.63, 3.8) is 0 Å². The van der Waals surface area contributed by atoms with Gasteiger partial charge >= 0.3 is 0 Å². The Morgan fingerprint density at radius 2 is 1.00 bits per heavy atom. The Hall–Kier alpha value is -3.03. The summed E-state index contributed by atoms with van der Waals surface area (Å²) in [5, 5.41) is 3.29. The van der Waals surface area contributed by atoms with Crippen LogP contribution in [0, 0.1) is 0 Å². The van der Waals surface area contributed by atoms with Crippen molar-refractivity contribution in [3.05, 3.63) is 102 Å². The second-order valence-corrected chi connectivity index (χ2v) is 6.77. The largest absolute Gasteiger partial charge is 0.309 e. The number of hydrogen-bond acceptors (Lipinski definition) is 0. The maximum absolute atomic E-state index is 6.52. The average molecular weight is 354 g/mol. The van der Waals surface area contributed by atoms with Crippen molar-refractivity contribution in [2.45, 2.75) is 0 Å². The molecule has 4 aromatic carbocycles. The minimum absolute atomic E-state index is 0.765. The molecule has 0 unspecified atom stereocenters. The smallest absolute Gasteiger partial charge is 0.0541 e. The molecule has 1 nitrogen and oxygen atoms in total. The first-order valence-corrected chi connectivity index (χ1v) is 9.05. The van der Waals surface area contributed by atoms with E-state index < -0.39 is 0 Å². The van der Waals surface area contributed by atoms with Crippen LogP contribution >= 0.6 is 11.6 Å². The molecule has 1 heterocycles. The van der Waals surface area contributed by atoms with Crippen LogP contribution in [0.1, 0.15) is 0 Å². The molecule has 0 amide bonds. The molecule has 0 spiro atoms. The standard InChI is InChI=1S/C24H16ClN/c25-21-13-5-1-9-17(21)18-10-2-6-14-22(18)26-23-15-7-3-11-19(23)20-12-4-8-16-24(20)26/h1-16H. The lowest BCUT2D eigenvalue weighted by atomic mass is 10.0. The molecule has 0 saturated carbocycles. The third-order valence-corrected chi connectivity index (χ3v) is 5.22. The van der Waals surface area contributed by atoms with E-state index in [9.17, 15) is 0 Å². The zero-order valence-corrected chi connectivity index (χ0v) is 14.8. The van der Waals surface area contributed by atoms with Crippen molar-refractivity contribution in [3.8, 4) is 16.8 Å². The van der Waals surface area contributed by atoms with Crippen LogP contribution in [-0.4, -0.2) is 4.57 Å². The van der Waals surface area contributed by atoms with Crippen LogP contribution in [0.25, 0.3) is 38.6 Å². The molecule has 26 heavy (non-hydrogen) atoms. The van der Waals surface area contributed by atoms with Gasteiger partial charge in [0.2, 0.25) is 0 Å². The van der Waals surface area contributed by atoms with Crippen LogP contribution in [-0.2, 0) is 0 Å². The van der Waals surface area contributed by atoms with Crippen molar-refractivity contribution in [1.82, 2.24) is 4.57 Å². The zero-order valence-electron chi connectivity index (χ0n) is 14.1. The van der Waals surface area contributed by atoms with Gasteiger partial charge in [0.25, 0.3) is 0 Å². The van der Waals surface area contributed by atoms with E-state index >= 15 is 0 Å². The number of hydrogen-bond donors (Lipinski definition) is 0. The fourth-order valence-electron chi connectivity index (χ4n) is 3.76. The zero-order chi connectivity index (χ0) is 17.5. The molecule has 0 N–H and O–H groups in total. The molecule has 0 radical (unpaired) electrons. The lowest BCUT2D eigenvalue weighted by Crippen LogP contribution is -1.97. The molecule has 0 aliphatic heterocycles. The maximum Gasteiger partial charge on any atom is 0.0541 e. The highest BCUT2D eigenvalue weighted by Crippen LogP contribution is 2.37. The van der Waals surface area contributed by atoms with Crippen LogP contribution in [0.5, 0.6) is 0 Å². The highest BCUT2D eigenvalue weighted by molar-refractivity contribution is 6.33. The Balaban J connectivity index is 1.92. The van der Waals surface area contributed by atoms with E-state index in [1.54, 1.807) is 0 Å². The molecule has 5 rings (SSSR count). The van der Waals surface area contributed by atoms with Gasteiger partial charge in [-0.2, -0.15) is 0 Å². The van der Waals surface area contributed by atoms with Crippen molar-refractivity contribution in [1.29, 1.82) is 0 Å². The number of para-hydroxylation sites is 3. The fourth-order valence-corrected chi connectivity index (χ4v) is 4.00. The van der Waals surface area contributed by atoms with E-state index in [1.165, 1.54) is 21.8 Å². The number of fused-ring (bicyclic) bond motifs is 3. The van der Waals surface area contributed by atoms with E-state index in [2.05, 4.69) is 83.4 Å². The quantitative estimate of drug-likeness (QED) is 0.319. The molecule has 0 bridgehead atoms. The highest BCUT2D eigenvalue weighted by atomic mass is 35.5. The first-order valence-electron chi connectivity index (χ1n) is 8.67. The number of nitrogens with zero attached hydrogens (tertiary/aromatic N) is 1. The molecule has 5 aromatic rings. The Bertz CT molecular complexity index is 1200. The van der Waals surface area contributed by atoms with E-state index in [-0.39, 0.29) is 0 Å². The lowest BCUT2D eigenvalue weighted by molar-refractivity contribution is 1.18. The van der Waals surface area contributed by atoms with Crippen molar-refractivity contribution < 1.29 is 0 Å². The summed E-state index contributed by atoms with van der Waals surface area (Å²) in [6.45, 7) is 0. The van der Waals surface area contributed by atoms with Crippen LogP contribution in [0.2, 0.25) is 5.02 Å². The summed E-state index contributed by atoms with van der Waals surface area (Å²) in [5.41, 5.74) is 5.72. The summed E-state index contributed by atoms with van der Waals surface area (Å²) in [5.74, 6) is 0. The molecule has 0 saturated heterocycles. The van der Waals surface area contributed by atoms with Gasteiger partial charge in [-0.25, -0.2) is 0 Å². The highest BCUT2D eigenvalue weighted by Gasteiger charge is 2.15. The van der Waals surface area contributed by atoms with Gasteiger partial charge in [-0.15, -0.1) is 0 Å². The van der Waals surface area contributed by atoms with Gasteiger partial charge in [0, 0.05) is 26.9 Å². The molecular weight excluding hydrogens is 338 g/mol. The predicted octanol–water partition coefficient (Wildman–Crippen LogP) is 7.10. The molecule has 0 aliphatic carbocycles. The average Bonchev–Trinajstić information content (AvgIpc) is 3.03. The summed E-state index contributed by atoms with van der Waals surface area (Å²) >= 11 is 6.52. The third-order valence-electron chi connectivity index (χ3n) is 4.89. The van der Waals surface area contributed by atoms with Crippen LogP contribution in [0.3, 0.4) is 0 Å². The number of halogens is 1.